The molecule has 0 fully saturated rings. The zero-order chi connectivity index (χ0) is 21.3. The van der Waals surface area contributed by atoms with Crippen LogP contribution in [0, 0.1) is 6.92 Å². The van der Waals surface area contributed by atoms with Crippen LogP contribution >= 0.6 is 23.1 Å². The lowest BCUT2D eigenvalue weighted by Gasteiger charge is -2.23. The maximum atomic E-state index is 12.7. The minimum absolute atomic E-state index is 0.0753. The van der Waals surface area contributed by atoms with Crippen molar-refractivity contribution in [2.24, 2.45) is 0 Å². The van der Waals surface area contributed by atoms with Gasteiger partial charge in [-0.15, -0.1) is 10.2 Å². The molecule has 0 saturated carbocycles. The monoisotopic (exact) mass is 436 g/mol. The Labute approximate surface area is 185 Å². The number of para-hydroxylation sites is 2. The number of thioether (sulfide) groups is 1. The van der Waals surface area contributed by atoms with Gasteiger partial charge in [0.1, 0.15) is 0 Å². The molecule has 0 unspecified atom stereocenters. The number of anilines is 3. The molecule has 0 bridgehead atoms. The van der Waals surface area contributed by atoms with E-state index in [4.69, 9.17) is 0 Å². The summed E-state index contributed by atoms with van der Waals surface area (Å²) in [5, 5.41) is 12.4. The number of aromatic nitrogens is 2. The van der Waals surface area contributed by atoms with Crippen molar-refractivity contribution >= 4 is 45.4 Å². The number of hydrogen-bond donors (Lipinski definition) is 1. The lowest BCUT2D eigenvalue weighted by molar-refractivity contribution is -0.112. The molecule has 0 spiro atoms. The van der Waals surface area contributed by atoms with Gasteiger partial charge in [0, 0.05) is 35.6 Å². The van der Waals surface area contributed by atoms with Crippen LogP contribution in [-0.4, -0.2) is 28.8 Å². The number of nitrogens with one attached hydrogen (secondary N) is 1. The first-order valence-corrected chi connectivity index (χ1v) is 11.5. The summed E-state index contributed by atoms with van der Waals surface area (Å²) in [5.41, 5.74) is 5.39. The molecule has 2 aromatic carbocycles. The zero-order valence-corrected chi connectivity index (χ0v) is 19.1. The number of likely N-dealkylation sites (N-methyl/N-ethyl adjacent to an activating group) is 1. The number of fused-ring (bicyclic) bond motifs is 1. The molecule has 1 aliphatic rings. The standard InChI is InChI=1S/C23H24N4OS2/c1-15-9-5-7-11-18(15)24-21-25-26-22(30-21)29-14-16(28)13-20-23(2,3)17-10-6-8-12-19(17)27(20)4/h5-13H,14H2,1-4H3,(H,24,25). The van der Waals surface area contributed by atoms with Gasteiger partial charge in [0.05, 0.1) is 5.75 Å². The number of ketones is 1. The fourth-order valence-corrected chi connectivity index (χ4v) is 5.32. The lowest BCUT2D eigenvalue weighted by atomic mass is 9.83. The number of rotatable bonds is 6. The smallest absolute Gasteiger partial charge is 0.210 e. The first kappa shape index (κ1) is 20.6. The Morgan fingerprint density at radius 1 is 1.17 bits per heavy atom. The maximum Gasteiger partial charge on any atom is 0.210 e. The van der Waals surface area contributed by atoms with Crippen molar-refractivity contribution in [3.8, 4) is 0 Å². The van der Waals surface area contributed by atoms with E-state index in [1.54, 1.807) is 6.08 Å². The summed E-state index contributed by atoms with van der Waals surface area (Å²) in [6.45, 7) is 6.37. The molecule has 0 saturated heterocycles. The predicted octanol–water partition coefficient (Wildman–Crippen LogP) is 5.56. The van der Waals surface area contributed by atoms with E-state index >= 15 is 0 Å². The number of hydrogen-bond acceptors (Lipinski definition) is 7. The van der Waals surface area contributed by atoms with Gasteiger partial charge in [0.15, 0.2) is 10.1 Å². The number of nitrogens with zero attached hydrogens (tertiary/aromatic N) is 3. The summed E-state index contributed by atoms with van der Waals surface area (Å²) in [6.07, 6.45) is 1.78. The minimum atomic E-state index is -0.195. The van der Waals surface area contributed by atoms with Crippen LogP contribution in [0.1, 0.15) is 25.0 Å². The van der Waals surface area contributed by atoms with Crippen LogP contribution in [0.5, 0.6) is 0 Å². The van der Waals surface area contributed by atoms with Gasteiger partial charge in [-0.3, -0.25) is 4.79 Å². The fraction of sp³-hybridized carbons (Fsp3) is 0.261. The van der Waals surface area contributed by atoms with E-state index in [1.807, 2.05) is 50.4 Å². The number of allylic oxidation sites excluding steroid dienone is 2. The molecule has 0 aliphatic carbocycles. The van der Waals surface area contributed by atoms with Gasteiger partial charge in [0.25, 0.3) is 0 Å². The molecule has 0 amide bonds. The Kier molecular flexibility index (Phi) is 5.66. The van der Waals surface area contributed by atoms with Gasteiger partial charge in [-0.05, 0) is 30.2 Å². The molecule has 1 aromatic heterocycles. The Balaban J connectivity index is 1.41. The van der Waals surface area contributed by atoms with E-state index < -0.39 is 0 Å². The molecule has 0 radical (unpaired) electrons. The van der Waals surface area contributed by atoms with Gasteiger partial charge in [-0.1, -0.05) is 73.3 Å². The third-order valence-corrected chi connectivity index (χ3v) is 7.36. The number of carbonyl (C=O) groups is 1. The van der Waals surface area contributed by atoms with Crippen LogP contribution in [0.2, 0.25) is 0 Å². The molecule has 154 valence electrons. The van der Waals surface area contributed by atoms with Crippen LogP contribution in [0.4, 0.5) is 16.5 Å². The van der Waals surface area contributed by atoms with E-state index in [2.05, 4.69) is 46.4 Å². The van der Waals surface area contributed by atoms with E-state index in [1.165, 1.54) is 28.7 Å². The SMILES string of the molecule is Cc1ccccc1Nc1nnc(SCC(=O)C=C2N(C)c3ccccc3C2(C)C)s1. The van der Waals surface area contributed by atoms with Gasteiger partial charge in [-0.2, -0.15) is 0 Å². The highest BCUT2D eigenvalue weighted by Crippen LogP contribution is 2.46. The summed E-state index contributed by atoms with van der Waals surface area (Å²) < 4.78 is 0.778. The van der Waals surface area contributed by atoms with E-state index in [0.29, 0.717) is 5.75 Å². The molecule has 2 heterocycles. The summed E-state index contributed by atoms with van der Waals surface area (Å²) >= 11 is 2.88. The van der Waals surface area contributed by atoms with E-state index in [9.17, 15) is 4.79 Å². The second-order valence-electron chi connectivity index (χ2n) is 7.80. The Morgan fingerprint density at radius 3 is 2.67 bits per heavy atom. The molecule has 5 nitrogen and oxygen atoms in total. The van der Waals surface area contributed by atoms with Crippen LogP contribution in [0.3, 0.4) is 0 Å². The first-order chi connectivity index (χ1) is 14.4. The summed E-state index contributed by atoms with van der Waals surface area (Å²) in [7, 11) is 2.02. The van der Waals surface area contributed by atoms with E-state index in [0.717, 1.165) is 32.1 Å². The van der Waals surface area contributed by atoms with Crippen molar-refractivity contribution in [1.29, 1.82) is 0 Å². The van der Waals surface area contributed by atoms with Gasteiger partial charge < -0.3 is 10.2 Å². The van der Waals surface area contributed by atoms with E-state index in [-0.39, 0.29) is 11.2 Å². The largest absolute Gasteiger partial charge is 0.347 e. The zero-order valence-electron chi connectivity index (χ0n) is 17.5. The molecular weight excluding hydrogens is 412 g/mol. The molecule has 30 heavy (non-hydrogen) atoms. The van der Waals surface area contributed by atoms with Crippen molar-refractivity contribution < 1.29 is 4.79 Å². The van der Waals surface area contributed by atoms with Gasteiger partial charge in [0.2, 0.25) is 5.13 Å². The second kappa shape index (κ2) is 8.24. The van der Waals surface area contributed by atoms with Crippen molar-refractivity contribution in [3.05, 3.63) is 71.4 Å². The van der Waals surface area contributed by atoms with Gasteiger partial charge >= 0.3 is 0 Å². The predicted molar refractivity (Wildman–Crippen MR) is 126 cm³/mol. The van der Waals surface area contributed by atoms with Crippen LogP contribution < -0.4 is 10.2 Å². The molecule has 0 atom stereocenters. The highest BCUT2D eigenvalue weighted by Gasteiger charge is 2.38. The number of aryl methyl sites for hydroxylation is 1. The fourth-order valence-electron chi connectivity index (χ4n) is 3.73. The first-order valence-electron chi connectivity index (χ1n) is 9.73. The third kappa shape index (κ3) is 4.00. The minimum Gasteiger partial charge on any atom is -0.347 e. The summed E-state index contributed by atoms with van der Waals surface area (Å²) in [5.74, 6) is 0.411. The van der Waals surface area contributed by atoms with Crippen LogP contribution in [0.25, 0.3) is 0 Å². The van der Waals surface area contributed by atoms with Gasteiger partial charge in [-0.25, -0.2) is 0 Å². The summed E-state index contributed by atoms with van der Waals surface area (Å²) in [4.78, 5) is 14.8. The number of benzene rings is 2. The molecule has 1 N–H and O–H groups in total. The quantitative estimate of drug-likeness (QED) is 0.403. The van der Waals surface area contributed by atoms with Crippen molar-refractivity contribution in [2.45, 2.75) is 30.5 Å². The second-order valence-corrected chi connectivity index (χ2v) is 10.00. The van der Waals surface area contributed by atoms with Crippen LogP contribution in [-0.2, 0) is 10.2 Å². The molecule has 7 heteroatoms. The Morgan fingerprint density at radius 2 is 1.90 bits per heavy atom. The molecule has 3 aromatic rings. The lowest BCUT2D eigenvalue weighted by Crippen LogP contribution is -2.24. The molecule has 4 rings (SSSR count). The normalized spacial score (nSPS) is 16.0. The molecule has 1 aliphatic heterocycles. The third-order valence-electron chi connectivity index (χ3n) is 5.37. The Hall–Kier alpha value is -2.64. The Bertz CT molecular complexity index is 1120. The average molecular weight is 437 g/mol. The number of carbonyl (C=O) groups excluding carboxylic acids is 1. The molecular formula is C23H24N4OS2. The van der Waals surface area contributed by atoms with Crippen molar-refractivity contribution in [1.82, 2.24) is 10.2 Å². The topological polar surface area (TPSA) is 58.1 Å². The van der Waals surface area contributed by atoms with Crippen molar-refractivity contribution in [3.63, 3.8) is 0 Å². The summed E-state index contributed by atoms with van der Waals surface area (Å²) in [6, 6.07) is 16.4. The maximum absolute atomic E-state index is 12.7. The van der Waals surface area contributed by atoms with Crippen LogP contribution in [0.15, 0.2) is 64.6 Å². The highest BCUT2D eigenvalue weighted by molar-refractivity contribution is 8.01. The highest BCUT2D eigenvalue weighted by atomic mass is 32.2. The average Bonchev–Trinajstić information content (AvgIpc) is 3.25. The van der Waals surface area contributed by atoms with Crippen molar-refractivity contribution in [2.75, 3.05) is 23.0 Å².